The topological polar surface area (TPSA) is 191 Å². The maximum atomic E-state index is 13.0. The van der Waals surface area contributed by atoms with Crippen LogP contribution in [0.1, 0.15) is 6.92 Å². The molecule has 2 atom stereocenters. The van der Waals surface area contributed by atoms with Crippen LogP contribution in [-0.4, -0.2) is 99.2 Å². The molecule has 0 rings (SSSR count). The summed E-state index contributed by atoms with van der Waals surface area (Å²) in [5, 5.41) is 0. The standard InChI is InChI=1S/C12H19F2NO12S2/c1-2-25-8(16)7-15(3-5-26-11(17)9(13)28(19,20)21)4-6-27-12(18)10(14)29(22,23)24/h9-10H,2-7H2,1H3,(H,19,20,21)(H,22,23,24). The van der Waals surface area contributed by atoms with Gasteiger partial charge in [-0.25, -0.2) is 18.4 Å². The second-order valence-electron chi connectivity index (χ2n) is 5.08. The molecule has 0 aliphatic carbocycles. The minimum Gasteiger partial charge on any atom is -0.465 e. The van der Waals surface area contributed by atoms with Crippen molar-refractivity contribution in [3.05, 3.63) is 0 Å². The van der Waals surface area contributed by atoms with E-state index in [9.17, 15) is 40.0 Å². The van der Waals surface area contributed by atoms with Gasteiger partial charge in [-0.15, -0.1) is 0 Å². The van der Waals surface area contributed by atoms with Gasteiger partial charge >= 0.3 is 49.2 Å². The Morgan fingerprint density at radius 3 is 1.55 bits per heavy atom. The zero-order chi connectivity index (χ0) is 22.8. The zero-order valence-corrected chi connectivity index (χ0v) is 16.5. The first-order valence-electron chi connectivity index (χ1n) is 7.62. The fourth-order valence-corrected chi connectivity index (χ4v) is 2.21. The third-order valence-electron chi connectivity index (χ3n) is 2.86. The zero-order valence-electron chi connectivity index (χ0n) is 14.9. The summed E-state index contributed by atoms with van der Waals surface area (Å²) in [6, 6.07) is 0. The summed E-state index contributed by atoms with van der Waals surface area (Å²) >= 11 is 0. The molecule has 17 heteroatoms. The average Bonchev–Trinajstić information content (AvgIpc) is 2.58. The summed E-state index contributed by atoms with van der Waals surface area (Å²) in [6.07, 6.45) is 0. The molecule has 0 heterocycles. The molecule has 0 aliphatic heterocycles. The molecule has 13 nitrogen and oxygen atoms in total. The Labute approximate surface area is 164 Å². The fourth-order valence-electron chi connectivity index (χ4n) is 1.58. The second kappa shape index (κ2) is 11.9. The van der Waals surface area contributed by atoms with E-state index in [4.69, 9.17) is 9.11 Å². The summed E-state index contributed by atoms with van der Waals surface area (Å²) < 4.78 is 98.0. The lowest BCUT2D eigenvalue weighted by molar-refractivity contribution is -0.148. The van der Waals surface area contributed by atoms with Gasteiger partial charge in [0, 0.05) is 13.1 Å². The highest BCUT2D eigenvalue weighted by Crippen LogP contribution is 2.05. The van der Waals surface area contributed by atoms with E-state index in [0.29, 0.717) is 0 Å². The van der Waals surface area contributed by atoms with Crippen LogP contribution in [0.5, 0.6) is 0 Å². The molecule has 29 heavy (non-hydrogen) atoms. The van der Waals surface area contributed by atoms with Crippen LogP contribution in [0.4, 0.5) is 8.78 Å². The van der Waals surface area contributed by atoms with Crippen molar-refractivity contribution in [3.63, 3.8) is 0 Å². The lowest BCUT2D eigenvalue weighted by atomic mass is 10.4. The predicted octanol–water partition coefficient (Wildman–Crippen LogP) is -1.70. The monoisotopic (exact) mass is 471 g/mol. The maximum Gasteiger partial charge on any atom is 0.359 e. The highest BCUT2D eigenvalue weighted by atomic mass is 32.2. The summed E-state index contributed by atoms with van der Waals surface area (Å²) in [5.74, 6) is -4.61. The molecule has 0 aromatic rings. The van der Waals surface area contributed by atoms with Crippen molar-refractivity contribution in [3.8, 4) is 0 Å². The first-order chi connectivity index (χ1) is 13.2. The quantitative estimate of drug-likeness (QED) is 0.176. The van der Waals surface area contributed by atoms with Crippen molar-refractivity contribution in [2.45, 2.75) is 17.9 Å². The Morgan fingerprint density at radius 1 is 0.862 bits per heavy atom. The van der Waals surface area contributed by atoms with Crippen LogP contribution in [0.15, 0.2) is 0 Å². The maximum absolute atomic E-state index is 13.0. The van der Waals surface area contributed by atoms with E-state index in [-0.39, 0.29) is 19.7 Å². The third kappa shape index (κ3) is 11.0. The molecule has 0 bridgehead atoms. The smallest absolute Gasteiger partial charge is 0.359 e. The van der Waals surface area contributed by atoms with Crippen LogP contribution in [0, 0.1) is 0 Å². The summed E-state index contributed by atoms with van der Waals surface area (Å²) in [4.78, 5) is 34.9. The number of carbonyl (C=O) groups excluding carboxylic acids is 3. The first kappa shape index (κ1) is 27.0. The van der Waals surface area contributed by atoms with E-state index in [1.807, 2.05) is 0 Å². The van der Waals surface area contributed by atoms with Crippen LogP contribution in [-0.2, 0) is 48.8 Å². The molecule has 0 amide bonds. The van der Waals surface area contributed by atoms with Crippen LogP contribution in [0.2, 0.25) is 0 Å². The van der Waals surface area contributed by atoms with Gasteiger partial charge in [-0.3, -0.25) is 18.8 Å². The lowest BCUT2D eigenvalue weighted by Gasteiger charge is -2.21. The minimum atomic E-state index is -5.31. The highest BCUT2D eigenvalue weighted by molar-refractivity contribution is 7.87. The molecule has 0 saturated carbocycles. The SMILES string of the molecule is CCOC(=O)CN(CCOC(=O)C(F)S(=O)(=O)O)CCOC(=O)C(F)S(=O)(=O)O. The Kier molecular flexibility index (Phi) is 11.1. The van der Waals surface area contributed by atoms with E-state index < -0.39 is 68.9 Å². The molecule has 0 aromatic carbocycles. The van der Waals surface area contributed by atoms with Gasteiger partial charge in [-0.05, 0) is 6.92 Å². The van der Waals surface area contributed by atoms with Crippen molar-refractivity contribution in [1.82, 2.24) is 4.90 Å². The number of rotatable bonds is 13. The fraction of sp³-hybridized carbons (Fsp3) is 0.750. The summed E-state index contributed by atoms with van der Waals surface area (Å²) in [7, 11) is -10.6. The van der Waals surface area contributed by atoms with E-state index in [0.717, 1.165) is 4.90 Å². The predicted molar refractivity (Wildman–Crippen MR) is 87.9 cm³/mol. The molecule has 0 radical (unpaired) electrons. The van der Waals surface area contributed by atoms with Crippen molar-refractivity contribution in [2.75, 3.05) is 39.5 Å². The molecular formula is C12H19F2NO12S2. The first-order valence-corrected chi connectivity index (χ1v) is 10.6. The summed E-state index contributed by atoms with van der Waals surface area (Å²) in [6.45, 7) is -1.00. The van der Waals surface area contributed by atoms with Crippen molar-refractivity contribution in [2.24, 2.45) is 0 Å². The number of carbonyl (C=O) groups is 3. The number of esters is 3. The van der Waals surface area contributed by atoms with Gasteiger partial charge in [-0.1, -0.05) is 0 Å². The Balaban J connectivity index is 4.73. The number of nitrogens with zero attached hydrogens (tertiary/aromatic N) is 1. The Bertz CT molecular complexity index is 729. The molecule has 170 valence electrons. The molecule has 0 aromatic heterocycles. The lowest BCUT2D eigenvalue weighted by Crippen LogP contribution is -2.38. The Hall–Kier alpha value is -1.95. The van der Waals surface area contributed by atoms with E-state index in [1.54, 1.807) is 0 Å². The van der Waals surface area contributed by atoms with Crippen molar-refractivity contribution in [1.29, 1.82) is 0 Å². The number of halogens is 2. The number of hydrogen-bond donors (Lipinski definition) is 2. The molecule has 2 N–H and O–H groups in total. The van der Waals surface area contributed by atoms with Gasteiger partial charge in [0.1, 0.15) is 13.2 Å². The largest absolute Gasteiger partial charge is 0.465 e. The third-order valence-corrected chi connectivity index (χ3v) is 4.29. The molecular weight excluding hydrogens is 452 g/mol. The van der Waals surface area contributed by atoms with Crippen LogP contribution in [0.3, 0.4) is 0 Å². The highest BCUT2D eigenvalue weighted by Gasteiger charge is 2.33. The van der Waals surface area contributed by atoms with Gasteiger partial charge in [0.15, 0.2) is 0 Å². The van der Waals surface area contributed by atoms with Crippen LogP contribution in [0.25, 0.3) is 0 Å². The molecule has 0 saturated heterocycles. The molecule has 0 aliphatic rings. The normalized spacial score (nSPS) is 14.1. The van der Waals surface area contributed by atoms with E-state index >= 15 is 0 Å². The van der Waals surface area contributed by atoms with E-state index in [2.05, 4.69) is 14.2 Å². The van der Waals surface area contributed by atoms with Crippen molar-refractivity contribution >= 4 is 38.1 Å². The minimum absolute atomic E-state index is 0.00638. The number of ether oxygens (including phenoxy) is 3. The van der Waals surface area contributed by atoms with Gasteiger partial charge in [0.2, 0.25) is 0 Å². The Morgan fingerprint density at radius 2 is 1.24 bits per heavy atom. The number of alkyl halides is 2. The van der Waals surface area contributed by atoms with Gasteiger partial charge in [-0.2, -0.15) is 16.8 Å². The molecule has 2 unspecified atom stereocenters. The van der Waals surface area contributed by atoms with Crippen LogP contribution < -0.4 is 0 Å². The van der Waals surface area contributed by atoms with Gasteiger partial charge in [0.25, 0.3) is 0 Å². The number of hydrogen-bond acceptors (Lipinski definition) is 11. The van der Waals surface area contributed by atoms with E-state index in [1.165, 1.54) is 6.92 Å². The second-order valence-corrected chi connectivity index (χ2v) is 7.97. The molecule has 0 fully saturated rings. The summed E-state index contributed by atoms with van der Waals surface area (Å²) in [5.41, 5.74) is -6.66. The molecule has 0 spiro atoms. The van der Waals surface area contributed by atoms with Gasteiger partial charge in [0.05, 0.1) is 13.2 Å². The average molecular weight is 471 g/mol. The van der Waals surface area contributed by atoms with Gasteiger partial charge < -0.3 is 14.2 Å². The van der Waals surface area contributed by atoms with Crippen LogP contribution >= 0.6 is 0 Å². The van der Waals surface area contributed by atoms with Crippen molar-refractivity contribution < 1.29 is 63.3 Å².